The van der Waals surface area contributed by atoms with Crippen molar-refractivity contribution < 1.29 is 5.11 Å². The summed E-state index contributed by atoms with van der Waals surface area (Å²) >= 11 is 1.68. The highest BCUT2D eigenvalue weighted by Gasteiger charge is 2.06. The van der Waals surface area contributed by atoms with E-state index in [0.717, 1.165) is 16.2 Å². The summed E-state index contributed by atoms with van der Waals surface area (Å²) in [6.45, 7) is 6.29. The summed E-state index contributed by atoms with van der Waals surface area (Å²) in [5.41, 5.74) is 4.51. The van der Waals surface area contributed by atoms with Gasteiger partial charge in [0.1, 0.15) is 5.03 Å². The van der Waals surface area contributed by atoms with Gasteiger partial charge in [0.05, 0.1) is 6.61 Å². The molecule has 0 atom stereocenters. The fourth-order valence-corrected chi connectivity index (χ4v) is 2.72. The lowest BCUT2D eigenvalue weighted by Crippen LogP contribution is -1.91. The molecule has 94 valence electrons. The van der Waals surface area contributed by atoms with E-state index in [0.29, 0.717) is 0 Å². The largest absolute Gasteiger partial charge is 0.392 e. The predicted molar refractivity (Wildman–Crippen MR) is 74.9 cm³/mol. The average Bonchev–Trinajstić information content (AvgIpc) is 2.34. The normalized spacial score (nSPS) is 10.7. The van der Waals surface area contributed by atoms with Crippen molar-refractivity contribution >= 4 is 11.8 Å². The van der Waals surface area contributed by atoms with E-state index in [1.54, 1.807) is 18.0 Å². The minimum absolute atomic E-state index is 0.0440. The molecule has 0 unspecified atom stereocenters. The number of aryl methyl sites for hydroxylation is 3. The Morgan fingerprint density at radius 3 is 2.50 bits per heavy atom. The topological polar surface area (TPSA) is 33.1 Å². The number of aromatic nitrogens is 1. The molecule has 0 spiro atoms. The van der Waals surface area contributed by atoms with Gasteiger partial charge in [0.25, 0.3) is 0 Å². The fraction of sp³-hybridized carbons (Fsp3) is 0.267. The number of benzene rings is 1. The molecule has 0 saturated carbocycles. The summed E-state index contributed by atoms with van der Waals surface area (Å²) in [5.74, 6) is 0. The minimum atomic E-state index is 0.0440. The Morgan fingerprint density at radius 1 is 1.11 bits per heavy atom. The van der Waals surface area contributed by atoms with E-state index in [4.69, 9.17) is 5.11 Å². The third kappa shape index (κ3) is 2.92. The second-order valence-electron chi connectivity index (χ2n) is 4.49. The van der Waals surface area contributed by atoms with Crippen molar-refractivity contribution in [2.24, 2.45) is 0 Å². The number of aliphatic hydroxyl groups excluding tert-OH is 1. The zero-order valence-corrected chi connectivity index (χ0v) is 11.7. The van der Waals surface area contributed by atoms with Crippen LogP contribution in [0.25, 0.3) is 0 Å². The average molecular weight is 259 g/mol. The van der Waals surface area contributed by atoms with E-state index in [9.17, 15) is 0 Å². The molecule has 1 heterocycles. The van der Waals surface area contributed by atoms with E-state index >= 15 is 0 Å². The van der Waals surface area contributed by atoms with Gasteiger partial charge in [0.15, 0.2) is 0 Å². The van der Waals surface area contributed by atoms with Crippen LogP contribution in [0.1, 0.15) is 22.3 Å². The smallest absolute Gasteiger partial charge is 0.104 e. The van der Waals surface area contributed by atoms with Gasteiger partial charge in [-0.3, -0.25) is 0 Å². The van der Waals surface area contributed by atoms with Gasteiger partial charge in [-0.25, -0.2) is 4.98 Å². The number of hydrogen-bond acceptors (Lipinski definition) is 3. The lowest BCUT2D eigenvalue weighted by atomic mass is 10.2. The summed E-state index contributed by atoms with van der Waals surface area (Å²) in [7, 11) is 0. The number of aliphatic hydroxyl groups is 1. The molecule has 0 amide bonds. The van der Waals surface area contributed by atoms with E-state index < -0.39 is 0 Å². The number of pyridine rings is 1. The SMILES string of the molecule is Cc1ccc(Sc2ncc(CO)cc2C)c(C)c1. The Hall–Kier alpha value is -1.32. The van der Waals surface area contributed by atoms with Gasteiger partial charge in [0.2, 0.25) is 0 Å². The van der Waals surface area contributed by atoms with Gasteiger partial charge in [-0.15, -0.1) is 0 Å². The van der Waals surface area contributed by atoms with E-state index in [2.05, 4.69) is 37.0 Å². The maximum Gasteiger partial charge on any atom is 0.104 e. The maximum atomic E-state index is 9.07. The molecule has 2 nitrogen and oxygen atoms in total. The molecular weight excluding hydrogens is 242 g/mol. The first-order valence-corrected chi connectivity index (χ1v) is 6.73. The molecule has 0 aliphatic heterocycles. The third-order valence-corrected chi connectivity index (χ3v) is 4.11. The number of rotatable bonds is 3. The van der Waals surface area contributed by atoms with Crippen LogP contribution in [0.15, 0.2) is 40.4 Å². The van der Waals surface area contributed by atoms with Crippen LogP contribution < -0.4 is 0 Å². The molecule has 1 aromatic heterocycles. The van der Waals surface area contributed by atoms with Gasteiger partial charge in [-0.2, -0.15) is 0 Å². The van der Waals surface area contributed by atoms with Crippen LogP contribution in [0.2, 0.25) is 0 Å². The maximum absolute atomic E-state index is 9.07. The summed E-state index contributed by atoms with van der Waals surface area (Å²) in [4.78, 5) is 5.64. The molecule has 1 aromatic carbocycles. The summed E-state index contributed by atoms with van der Waals surface area (Å²) < 4.78 is 0. The van der Waals surface area contributed by atoms with Crippen molar-refractivity contribution in [2.75, 3.05) is 0 Å². The van der Waals surface area contributed by atoms with E-state index in [1.807, 2.05) is 13.0 Å². The lowest BCUT2D eigenvalue weighted by Gasteiger charge is -2.09. The summed E-state index contributed by atoms with van der Waals surface area (Å²) in [5, 5.41) is 10.1. The lowest BCUT2D eigenvalue weighted by molar-refractivity contribution is 0.281. The molecule has 0 radical (unpaired) electrons. The molecule has 0 bridgehead atoms. The van der Waals surface area contributed by atoms with Gasteiger partial charge >= 0.3 is 0 Å². The van der Waals surface area contributed by atoms with Gasteiger partial charge in [0, 0.05) is 11.1 Å². The van der Waals surface area contributed by atoms with Crippen molar-refractivity contribution in [3.63, 3.8) is 0 Å². The summed E-state index contributed by atoms with van der Waals surface area (Å²) in [6, 6.07) is 8.42. The van der Waals surface area contributed by atoms with Gasteiger partial charge in [-0.1, -0.05) is 29.5 Å². The van der Waals surface area contributed by atoms with Crippen LogP contribution in [-0.4, -0.2) is 10.1 Å². The Balaban J connectivity index is 2.28. The third-order valence-electron chi connectivity index (χ3n) is 2.81. The van der Waals surface area contributed by atoms with Crippen LogP contribution >= 0.6 is 11.8 Å². The van der Waals surface area contributed by atoms with Crippen LogP contribution in [0.5, 0.6) is 0 Å². The van der Waals surface area contributed by atoms with Crippen LogP contribution in [0.3, 0.4) is 0 Å². The first-order chi connectivity index (χ1) is 8.60. The Morgan fingerprint density at radius 2 is 1.89 bits per heavy atom. The van der Waals surface area contributed by atoms with Crippen molar-refractivity contribution in [3.05, 3.63) is 52.7 Å². The van der Waals surface area contributed by atoms with Crippen molar-refractivity contribution in [2.45, 2.75) is 37.3 Å². The molecule has 0 saturated heterocycles. The molecule has 3 heteroatoms. The van der Waals surface area contributed by atoms with Gasteiger partial charge in [-0.05, 0) is 49.6 Å². The zero-order valence-electron chi connectivity index (χ0n) is 10.9. The van der Waals surface area contributed by atoms with E-state index in [1.165, 1.54) is 16.0 Å². The molecule has 2 rings (SSSR count). The van der Waals surface area contributed by atoms with Crippen molar-refractivity contribution in [1.29, 1.82) is 0 Å². The van der Waals surface area contributed by atoms with Crippen LogP contribution in [-0.2, 0) is 6.61 Å². The van der Waals surface area contributed by atoms with Crippen LogP contribution in [0.4, 0.5) is 0 Å². The zero-order chi connectivity index (χ0) is 13.1. The van der Waals surface area contributed by atoms with E-state index in [-0.39, 0.29) is 6.61 Å². The predicted octanol–water partition coefficient (Wildman–Crippen LogP) is 3.65. The summed E-state index contributed by atoms with van der Waals surface area (Å²) in [6.07, 6.45) is 1.73. The monoisotopic (exact) mass is 259 g/mol. The quantitative estimate of drug-likeness (QED) is 0.913. The second-order valence-corrected chi connectivity index (χ2v) is 5.53. The van der Waals surface area contributed by atoms with Crippen LogP contribution in [0, 0.1) is 20.8 Å². The van der Waals surface area contributed by atoms with Crippen molar-refractivity contribution in [1.82, 2.24) is 4.98 Å². The molecular formula is C15H17NOS. The fourth-order valence-electron chi connectivity index (χ4n) is 1.83. The molecule has 18 heavy (non-hydrogen) atoms. The molecule has 0 fully saturated rings. The highest BCUT2D eigenvalue weighted by atomic mass is 32.2. The minimum Gasteiger partial charge on any atom is -0.392 e. The van der Waals surface area contributed by atoms with Crippen molar-refractivity contribution in [3.8, 4) is 0 Å². The first-order valence-electron chi connectivity index (χ1n) is 5.91. The first kappa shape index (κ1) is 13.1. The molecule has 0 aliphatic rings. The molecule has 0 aliphatic carbocycles. The Labute approximate surface area is 112 Å². The second kappa shape index (κ2) is 5.55. The standard InChI is InChI=1S/C15H17NOS/c1-10-4-5-14(11(2)6-10)18-15-12(3)7-13(9-17)8-16-15/h4-8,17H,9H2,1-3H3. The number of hydrogen-bond donors (Lipinski definition) is 1. The van der Waals surface area contributed by atoms with Gasteiger partial charge < -0.3 is 5.11 Å². The Kier molecular flexibility index (Phi) is 4.04. The molecule has 2 aromatic rings. The number of nitrogens with zero attached hydrogens (tertiary/aromatic N) is 1. The highest BCUT2D eigenvalue weighted by molar-refractivity contribution is 7.99. The molecule has 1 N–H and O–H groups in total. The highest BCUT2D eigenvalue weighted by Crippen LogP contribution is 2.31. The Bertz CT molecular complexity index is 566.